The Balaban J connectivity index is 1.88. The van der Waals surface area contributed by atoms with E-state index in [-0.39, 0.29) is 5.43 Å². The van der Waals surface area contributed by atoms with Crippen molar-refractivity contribution in [3.05, 3.63) is 75.7 Å². The van der Waals surface area contributed by atoms with Gasteiger partial charge in [0.25, 0.3) is 0 Å². The van der Waals surface area contributed by atoms with E-state index in [0.717, 1.165) is 30.7 Å². The molecule has 1 unspecified atom stereocenters. The van der Waals surface area contributed by atoms with Crippen LogP contribution in [0.25, 0.3) is 17.0 Å². The molecule has 1 aromatic carbocycles. The molecule has 3 aromatic rings. The third-order valence-electron chi connectivity index (χ3n) is 4.97. The number of hydrogen-bond donors (Lipinski definition) is 1. The number of anilines is 1. The Hall–Kier alpha value is -2.88. The molecule has 4 nitrogen and oxygen atoms in total. The van der Waals surface area contributed by atoms with Gasteiger partial charge in [0.05, 0.1) is 16.6 Å². The lowest BCUT2D eigenvalue weighted by Gasteiger charge is -2.35. The number of rotatable bonds is 4. The standard InChI is InChI=1S/C22H22N2O2/c1-3-4-13-22(19-11-7-8-15(2)23-19)14-12-17-20(25)16-9-5-6-10-18(16)26-21(17)24-22/h5-12,14,24H,3-4,13H2,1-2H3. The number of unbranched alkanes of at least 4 members (excludes halogenated alkanes) is 1. The Kier molecular flexibility index (Phi) is 4.11. The molecule has 0 fully saturated rings. The number of nitrogens with one attached hydrogen (secondary N) is 1. The van der Waals surface area contributed by atoms with Gasteiger partial charge in [-0.3, -0.25) is 9.78 Å². The molecule has 0 radical (unpaired) electrons. The van der Waals surface area contributed by atoms with Crippen molar-refractivity contribution in [2.75, 3.05) is 5.32 Å². The third-order valence-corrected chi connectivity index (χ3v) is 4.97. The molecule has 3 heterocycles. The van der Waals surface area contributed by atoms with Crippen LogP contribution < -0.4 is 10.7 Å². The normalized spacial score (nSPS) is 18.5. The summed E-state index contributed by atoms with van der Waals surface area (Å²) in [5.41, 5.74) is 2.62. The number of fused-ring (bicyclic) bond motifs is 2. The molecule has 1 atom stereocenters. The minimum Gasteiger partial charge on any atom is -0.440 e. The number of nitrogens with zero attached hydrogens (tertiary/aromatic N) is 1. The van der Waals surface area contributed by atoms with Gasteiger partial charge in [-0.25, -0.2) is 0 Å². The molecule has 4 rings (SSSR count). The second-order valence-electron chi connectivity index (χ2n) is 6.87. The quantitative estimate of drug-likeness (QED) is 0.720. The Morgan fingerprint density at radius 3 is 2.81 bits per heavy atom. The van der Waals surface area contributed by atoms with Gasteiger partial charge in [-0.15, -0.1) is 0 Å². The van der Waals surface area contributed by atoms with E-state index < -0.39 is 5.54 Å². The fourth-order valence-corrected chi connectivity index (χ4v) is 3.54. The maximum atomic E-state index is 12.8. The van der Waals surface area contributed by atoms with E-state index in [1.807, 2.05) is 49.4 Å². The van der Waals surface area contributed by atoms with Crippen LogP contribution in [0.3, 0.4) is 0 Å². The summed E-state index contributed by atoms with van der Waals surface area (Å²) in [6.45, 7) is 4.16. The molecular weight excluding hydrogens is 324 g/mol. The van der Waals surface area contributed by atoms with Crippen LogP contribution in [0.4, 0.5) is 5.88 Å². The van der Waals surface area contributed by atoms with Crippen molar-refractivity contribution in [2.45, 2.75) is 38.6 Å². The Morgan fingerprint density at radius 1 is 1.15 bits per heavy atom. The number of hydrogen-bond acceptors (Lipinski definition) is 4. The number of benzene rings is 1. The van der Waals surface area contributed by atoms with Crippen molar-refractivity contribution in [1.29, 1.82) is 0 Å². The minimum atomic E-state index is -0.465. The third kappa shape index (κ3) is 2.71. The Bertz CT molecular complexity index is 1050. The molecule has 1 aliphatic rings. The summed E-state index contributed by atoms with van der Waals surface area (Å²) in [5, 5.41) is 4.11. The summed E-state index contributed by atoms with van der Waals surface area (Å²) in [4.78, 5) is 17.6. The van der Waals surface area contributed by atoms with E-state index in [0.29, 0.717) is 22.4 Å². The molecule has 0 aliphatic carbocycles. The molecule has 0 saturated heterocycles. The lowest BCUT2D eigenvalue weighted by Crippen LogP contribution is -2.37. The van der Waals surface area contributed by atoms with Crippen LogP contribution in [-0.2, 0) is 5.54 Å². The topological polar surface area (TPSA) is 55.1 Å². The highest BCUT2D eigenvalue weighted by Gasteiger charge is 2.35. The number of aromatic nitrogens is 1. The number of para-hydroxylation sites is 1. The molecule has 1 aliphatic heterocycles. The van der Waals surface area contributed by atoms with Crippen molar-refractivity contribution in [2.24, 2.45) is 0 Å². The lowest BCUT2D eigenvalue weighted by molar-refractivity contribution is 0.482. The summed E-state index contributed by atoms with van der Waals surface area (Å²) < 4.78 is 6.06. The molecule has 0 spiro atoms. The largest absolute Gasteiger partial charge is 0.440 e. The second-order valence-corrected chi connectivity index (χ2v) is 6.87. The van der Waals surface area contributed by atoms with Gasteiger partial charge < -0.3 is 9.73 Å². The maximum absolute atomic E-state index is 12.8. The van der Waals surface area contributed by atoms with Gasteiger partial charge in [-0.2, -0.15) is 0 Å². The fourth-order valence-electron chi connectivity index (χ4n) is 3.54. The van der Waals surface area contributed by atoms with E-state index in [4.69, 9.17) is 9.40 Å². The molecule has 26 heavy (non-hydrogen) atoms. The van der Waals surface area contributed by atoms with Crippen LogP contribution in [0.5, 0.6) is 0 Å². The van der Waals surface area contributed by atoms with Crippen LogP contribution in [-0.4, -0.2) is 4.98 Å². The molecule has 0 amide bonds. The predicted molar refractivity (Wildman–Crippen MR) is 105 cm³/mol. The summed E-state index contributed by atoms with van der Waals surface area (Å²) in [5.74, 6) is 0.524. The van der Waals surface area contributed by atoms with Crippen LogP contribution in [0.1, 0.15) is 43.1 Å². The van der Waals surface area contributed by atoms with Crippen molar-refractivity contribution >= 4 is 22.9 Å². The van der Waals surface area contributed by atoms with Gasteiger partial charge in [0, 0.05) is 5.69 Å². The highest BCUT2D eigenvalue weighted by Crippen LogP contribution is 2.38. The number of pyridine rings is 1. The van der Waals surface area contributed by atoms with Crippen LogP contribution in [0.2, 0.25) is 0 Å². The number of aryl methyl sites for hydroxylation is 1. The highest BCUT2D eigenvalue weighted by atomic mass is 16.3. The van der Waals surface area contributed by atoms with Crippen LogP contribution >= 0.6 is 0 Å². The zero-order valence-corrected chi connectivity index (χ0v) is 15.1. The van der Waals surface area contributed by atoms with Crippen molar-refractivity contribution < 1.29 is 4.42 Å². The van der Waals surface area contributed by atoms with Gasteiger partial charge in [-0.05, 0) is 43.7 Å². The van der Waals surface area contributed by atoms with Crippen LogP contribution in [0, 0.1) is 6.92 Å². The summed E-state index contributed by atoms with van der Waals surface area (Å²) in [6, 6.07) is 13.4. The molecule has 4 heteroatoms. The Labute approximate surface area is 152 Å². The monoisotopic (exact) mass is 346 g/mol. The van der Waals surface area contributed by atoms with E-state index in [1.165, 1.54) is 0 Å². The summed E-state index contributed by atoms with van der Waals surface area (Å²) >= 11 is 0. The van der Waals surface area contributed by atoms with E-state index in [9.17, 15) is 4.79 Å². The fraction of sp³-hybridized carbons (Fsp3) is 0.273. The van der Waals surface area contributed by atoms with Gasteiger partial charge in [-0.1, -0.05) is 44.0 Å². The first-order chi connectivity index (χ1) is 12.6. The first kappa shape index (κ1) is 16.6. The predicted octanol–water partition coefficient (Wildman–Crippen LogP) is 5.02. The summed E-state index contributed by atoms with van der Waals surface area (Å²) in [7, 11) is 0. The van der Waals surface area contributed by atoms with Gasteiger partial charge >= 0.3 is 0 Å². The van der Waals surface area contributed by atoms with E-state index >= 15 is 0 Å². The van der Waals surface area contributed by atoms with Gasteiger partial charge in [0.2, 0.25) is 11.3 Å². The highest BCUT2D eigenvalue weighted by molar-refractivity contribution is 5.83. The van der Waals surface area contributed by atoms with Crippen molar-refractivity contribution in [3.63, 3.8) is 0 Å². The molecule has 1 N–H and O–H groups in total. The molecule has 132 valence electrons. The van der Waals surface area contributed by atoms with Gasteiger partial charge in [0.15, 0.2) is 0 Å². The molecule has 2 aromatic heterocycles. The lowest BCUT2D eigenvalue weighted by atomic mass is 9.85. The second kappa shape index (κ2) is 6.45. The van der Waals surface area contributed by atoms with Gasteiger partial charge in [0.1, 0.15) is 11.1 Å². The molecular formula is C22H22N2O2. The first-order valence-corrected chi connectivity index (χ1v) is 9.10. The smallest absolute Gasteiger partial charge is 0.205 e. The average Bonchev–Trinajstić information content (AvgIpc) is 2.66. The zero-order valence-electron chi connectivity index (χ0n) is 15.1. The van der Waals surface area contributed by atoms with E-state index in [2.05, 4.69) is 18.3 Å². The SMILES string of the molecule is CCCCC1(c2cccc(C)n2)C=Cc2c(oc3ccccc3c2=O)N1. The first-order valence-electron chi connectivity index (χ1n) is 9.10. The molecule has 0 saturated carbocycles. The van der Waals surface area contributed by atoms with Crippen molar-refractivity contribution in [1.82, 2.24) is 4.98 Å². The Morgan fingerprint density at radius 2 is 2.00 bits per heavy atom. The minimum absolute atomic E-state index is 0.00751. The van der Waals surface area contributed by atoms with E-state index in [1.54, 1.807) is 6.07 Å². The van der Waals surface area contributed by atoms with Crippen molar-refractivity contribution in [3.8, 4) is 0 Å². The average molecular weight is 346 g/mol. The summed E-state index contributed by atoms with van der Waals surface area (Å²) in [6.07, 6.45) is 6.96. The zero-order chi connectivity index (χ0) is 18.1. The maximum Gasteiger partial charge on any atom is 0.205 e. The van der Waals surface area contributed by atoms with Crippen LogP contribution in [0.15, 0.2) is 57.8 Å². The molecule has 0 bridgehead atoms.